The van der Waals surface area contributed by atoms with Crippen molar-refractivity contribution >= 4 is 6.03 Å². The standard InChI is InChI=1S/C19H28N2O2/c1-13-11-17(13)18-10-9-16(23-18)12-21(15-7-8-15)19(22)20-14-5-3-2-4-6-14/h9-10,13-15,17H,2-8,11-12H2,1H3,(H,20,22)/t13-,17-/m0/s1. The van der Waals surface area contributed by atoms with Crippen molar-refractivity contribution in [1.29, 1.82) is 0 Å². The van der Waals surface area contributed by atoms with Gasteiger partial charge in [0.1, 0.15) is 11.5 Å². The van der Waals surface area contributed by atoms with E-state index in [2.05, 4.69) is 24.4 Å². The van der Waals surface area contributed by atoms with Gasteiger partial charge in [0.2, 0.25) is 0 Å². The zero-order valence-electron chi connectivity index (χ0n) is 14.1. The first-order valence-electron chi connectivity index (χ1n) is 9.36. The monoisotopic (exact) mass is 316 g/mol. The molecule has 4 rings (SSSR count). The van der Waals surface area contributed by atoms with Gasteiger partial charge in [-0.15, -0.1) is 0 Å². The SMILES string of the molecule is C[C@H]1C[C@@H]1c1ccc(CN(C(=O)NC2CCCCC2)C2CC2)o1. The van der Waals surface area contributed by atoms with Gasteiger partial charge in [0.15, 0.2) is 0 Å². The number of rotatable bonds is 5. The zero-order valence-corrected chi connectivity index (χ0v) is 14.1. The Kier molecular flexibility index (Phi) is 4.08. The van der Waals surface area contributed by atoms with E-state index in [0.29, 0.717) is 24.5 Å². The van der Waals surface area contributed by atoms with Crippen molar-refractivity contribution in [2.75, 3.05) is 0 Å². The first-order chi connectivity index (χ1) is 11.2. The second-order valence-electron chi connectivity index (χ2n) is 7.77. The van der Waals surface area contributed by atoms with E-state index >= 15 is 0 Å². The van der Waals surface area contributed by atoms with Crippen LogP contribution < -0.4 is 5.32 Å². The van der Waals surface area contributed by atoms with Crippen molar-refractivity contribution in [3.63, 3.8) is 0 Å². The van der Waals surface area contributed by atoms with Crippen LogP contribution in [0.5, 0.6) is 0 Å². The third kappa shape index (κ3) is 3.56. The predicted octanol–water partition coefficient (Wildman–Crippen LogP) is 4.41. The van der Waals surface area contributed by atoms with Crippen molar-refractivity contribution in [1.82, 2.24) is 10.2 Å². The molecular weight excluding hydrogens is 288 g/mol. The molecule has 23 heavy (non-hydrogen) atoms. The van der Waals surface area contributed by atoms with Crippen LogP contribution in [0.1, 0.15) is 75.7 Å². The average molecular weight is 316 g/mol. The van der Waals surface area contributed by atoms with Crippen LogP contribution in [0.4, 0.5) is 4.79 Å². The summed E-state index contributed by atoms with van der Waals surface area (Å²) in [5.74, 6) is 3.40. The van der Waals surface area contributed by atoms with Crippen LogP contribution in [-0.2, 0) is 6.54 Å². The second-order valence-corrected chi connectivity index (χ2v) is 7.77. The first kappa shape index (κ1) is 15.1. The molecule has 126 valence electrons. The molecule has 0 unspecified atom stereocenters. The smallest absolute Gasteiger partial charge is 0.318 e. The van der Waals surface area contributed by atoms with Crippen LogP contribution in [0.3, 0.4) is 0 Å². The van der Waals surface area contributed by atoms with E-state index in [0.717, 1.165) is 43.1 Å². The van der Waals surface area contributed by atoms with Gasteiger partial charge in [0, 0.05) is 18.0 Å². The van der Waals surface area contributed by atoms with Crippen LogP contribution in [-0.4, -0.2) is 23.0 Å². The Hall–Kier alpha value is -1.45. The summed E-state index contributed by atoms with van der Waals surface area (Å²) in [4.78, 5) is 14.7. The summed E-state index contributed by atoms with van der Waals surface area (Å²) in [7, 11) is 0. The molecule has 0 radical (unpaired) electrons. The van der Waals surface area contributed by atoms with Crippen LogP contribution in [0.25, 0.3) is 0 Å². The molecule has 0 spiro atoms. The van der Waals surface area contributed by atoms with E-state index in [9.17, 15) is 4.79 Å². The summed E-state index contributed by atoms with van der Waals surface area (Å²) in [6.45, 7) is 2.88. The highest BCUT2D eigenvalue weighted by Gasteiger charge is 2.37. The van der Waals surface area contributed by atoms with Crippen LogP contribution >= 0.6 is 0 Å². The number of nitrogens with zero attached hydrogens (tertiary/aromatic N) is 1. The minimum atomic E-state index is 0.108. The van der Waals surface area contributed by atoms with Crippen molar-refractivity contribution in [3.8, 4) is 0 Å². The van der Waals surface area contributed by atoms with E-state index in [1.807, 2.05) is 4.90 Å². The minimum absolute atomic E-state index is 0.108. The van der Waals surface area contributed by atoms with Crippen molar-refractivity contribution in [2.24, 2.45) is 5.92 Å². The highest BCUT2D eigenvalue weighted by atomic mass is 16.3. The Bertz CT molecular complexity index is 557. The van der Waals surface area contributed by atoms with Crippen molar-refractivity contribution in [3.05, 3.63) is 23.7 Å². The molecule has 2 amide bonds. The highest BCUT2D eigenvalue weighted by molar-refractivity contribution is 5.75. The van der Waals surface area contributed by atoms with Gasteiger partial charge in [0.05, 0.1) is 6.54 Å². The van der Waals surface area contributed by atoms with Gasteiger partial charge in [-0.05, 0) is 50.2 Å². The van der Waals surface area contributed by atoms with E-state index in [4.69, 9.17) is 4.42 Å². The fourth-order valence-corrected chi connectivity index (χ4v) is 3.82. The van der Waals surface area contributed by atoms with Gasteiger partial charge >= 0.3 is 6.03 Å². The topological polar surface area (TPSA) is 45.5 Å². The molecule has 0 aliphatic heterocycles. The maximum absolute atomic E-state index is 12.7. The normalized spacial score (nSPS) is 27.7. The number of carbonyl (C=O) groups is 1. The Morgan fingerprint density at radius 3 is 2.61 bits per heavy atom. The first-order valence-corrected chi connectivity index (χ1v) is 9.36. The molecular formula is C19H28N2O2. The maximum atomic E-state index is 12.7. The molecule has 3 aliphatic carbocycles. The number of furan rings is 1. The number of urea groups is 1. The van der Waals surface area contributed by atoms with Crippen LogP contribution in [0, 0.1) is 5.92 Å². The molecule has 0 saturated heterocycles. The summed E-state index contributed by atoms with van der Waals surface area (Å²) in [6, 6.07) is 5.05. The molecule has 1 aromatic heterocycles. The Morgan fingerprint density at radius 2 is 1.96 bits per heavy atom. The van der Waals surface area contributed by atoms with Crippen molar-refractivity contribution in [2.45, 2.75) is 82.8 Å². The van der Waals surface area contributed by atoms with E-state index in [-0.39, 0.29) is 6.03 Å². The Labute approximate surface area is 138 Å². The predicted molar refractivity (Wildman–Crippen MR) is 89.2 cm³/mol. The van der Waals surface area contributed by atoms with E-state index in [1.165, 1.54) is 25.7 Å². The van der Waals surface area contributed by atoms with Gasteiger partial charge in [-0.3, -0.25) is 0 Å². The summed E-state index contributed by atoms with van der Waals surface area (Å²) < 4.78 is 6.00. The fraction of sp³-hybridized carbons (Fsp3) is 0.737. The lowest BCUT2D eigenvalue weighted by Gasteiger charge is -2.28. The van der Waals surface area contributed by atoms with Crippen LogP contribution in [0.15, 0.2) is 16.5 Å². The van der Waals surface area contributed by atoms with Gasteiger partial charge in [-0.1, -0.05) is 26.2 Å². The molecule has 0 bridgehead atoms. The van der Waals surface area contributed by atoms with Crippen molar-refractivity contribution < 1.29 is 9.21 Å². The molecule has 3 fully saturated rings. The summed E-state index contributed by atoms with van der Waals surface area (Å²) >= 11 is 0. The number of nitrogens with one attached hydrogen (secondary N) is 1. The third-order valence-electron chi connectivity index (χ3n) is 5.66. The molecule has 3 saturated carbocycles. The minimum Gasteiger partial charge on any atom is -0.464 e. The maximum Gasteiger partial charge on any atom is 0.318 e. The Balaban J connectivity index is 1.37. The molecule has 1 aromatic rings. The zero-order chi connectivity index (χ0) is 15.8. The molecule has 0 aromatic carbocycles. The molecule has 4 heteroatoms. The Morgan fingerprint density at radius 1 is 1.22 bits per heavy atom. The number of amides is 2. The summed E-state index contributed by atoms with van der Waals surface area (Å²) in [5.41, 5.74) is 0. The van der Waals surface area contributed by atoms with E-state index in [1.54, 1.807) is 0 Å². The molecule has 1 N–H and O–H groups in total. The number of hydrogen-bond donors (Lipinski definition) is 1. The molecule has 2 atom stereocenters. The van der Waals surface area contributed by atoms with Gasteiger partial charge in [-0.25, -0.2) is 4.79 Å². The molecule has 3 aliphatic rings. The summed E-state index contributed by atoms with van der Waals surface area (Å²) in [6.07, 6.45) is 9.57. The highest BCUT2D eigenvalue weighted by Crippen LogP contribution is 2.47. The van der Waals surface area contributed by atoms with Crippen LogP contribution in [0.2, 0.25) is 0 Å². The fourth-order valence-electron chi connectivity index (χ4n) is 3.82. The number of carbonyl (C=O) groups excluding carboxylic acids is 1. The van der Waals surface area contributed by atoms with Gasteiger partial charge in [0.25, 0.3) is 0 Å². The molecule has 1 heterocycles. The van der Waals surface area contributed by atoms with Gasteiger partial charge < -0.3 is 14.6 Å². The average Bonchev–Trinajstić information content (AvgIpc) is 3.47. The number of hydrogen-bond acceptors (Lipinski definition) is 2. The lowest BCUT2D eigenvalue weighted by Crippen LogP contribution is -2.46. The van der Waals surface area contributed by atoms with E-state index < -0.39 is 0 Å². The largest absolute Gasteiger partial charge is 0.464 e. The van der Waals surface area contributed by atoms with Gasteiger partial charge in [-0.2, -0.15) is 0 Å². The third-order valence-corrected chi connectivity index (χ3v) is 5.66. The summed E-state index contributed by atoms with van der Waals surface area (Å²) in [5, 5.41) is 3.25. The molecule has 4 nitrogen and oxygen atoms in total. The lowest BCUT2D eigenvalue weighted by molar-refractivity contribution is 0.179. The second kappa shape index (κ2) is 6.21. The lowest BCUT2D eigenvalue weighted by atomic mass is 9.96. The quantitative estimate of drug-likeness (QED) is 0.874.